The van der Waals surface area contributed by atoms with Gasteiger partial charge in [0.15, 0.2) is 0 Å². The first-order chi connectivity index (χ1) is 9.65. The molecule has 106 valence electrons. The molecule has 0 saturated heterocycles. The molecule has 0 radical (unpaired) electrons. The van der Waals surface area contributed by atoms with E-state index in [4.69, 9.17) is 5.11 Å². The van der Waals surface area contributed by atoms with Gasteiger partial charge in [-0.1, -0.05) is 36.4 Å². The summed E-state index contributed by atoms with van der Waals surface area (Å²) in [6, 6.07) is 14.1. The van der Waals surface area contributed by atoms with Gasteiger partial charge in [-0.25, -0.2) is 4.79 Å². The van der Waals surface area contributed by atoms with E-state index in [1.807, 2.05) is 18.2 Å². The molecule has 20 heavy (non-hydrogen) atoms. The molecule has 2 aromatic rings. The van der Waals surface area contributed by atoms with Gasteiger partial charge < -0.3 is 15.7 Å². The van der Waals surface area contributed by atoms with Crippen molar-refractivity contribution in [2.75, 3.05) is 6.54 Å². The lowest BCUT2D eigenvalue weighted by atomic mass is 10.1. The average Bonchev–Trinajstić information content (AvgIpc) is 2.44. The Hall–Kier alpha value is -2.07. The van der Waals surface area contributed by atoms with Crippen molar-refractivity contribution in [3.63, 3.8) is 0 Å². The summed E-state index contributed by atoms with van der Waals surface area (Å²) in [6.45, 7) is 2.67. The van der Waals surface area contributed by atoms with Crippen LogP contribution in [0, 0.1) is 0 Å². The Kier molecular flexibility index (Phi) is 4.96. The number of hydrogen-bond donors (Lipinski definition) is 3. The van der Waals surface area contributed by atoms with Crippen LogP contribution >= 0.6 is 0 Å². The van der Waals surface area contributed by atoms with Gasteiger partial charge in [-0.2, -0.15) is 0 Å². The first-order valence-corrected chi connectivity index (χ1v) is 6.82. The van der Waals surface area contributed by atoms with E-state index >= 15 is 0 Å². The van der Waals surface area contributed by atoms with Crippen LogP contribution in [0.3, 0.4) is 0 Å². The maximum Gasteiger partial charge on any atom is 0.315 e. The Balaban J connectivity index is 1.84. The van der Waals surface area contributed by atoms with Gasteiger partial charge in [-0.15, -0.1) is 0 Å². The van der Waals surface area contributed by atoms with Gasteiger partial charge in [0.05, 0.1) is 6.10 Å². The second kappa shape index (κ2) is 6.91. The fourth-order valence-electron chi connectivity index (χ4n) is 1.99. The zero-order chi connectivity index (χ0) is 14.4. The molecule has 1 unspecified atom stereocenters. The van der Waals surface area contributed by atoms with Gasteiger partial charge in [0.2, 0.25) is 0 Å². The number of aliphatic hydroxyl groups is 1. The molecule has 2 rings (SSSR count). The lowest BCUT2D eigenvalue weighted by molar-refractivity contribution is 0.183. The van der Waals surface area contributed by atoms with Crippen LogP contribution in [-0.2, 0) is 6.54 Å². The minimum atomic E-state index is -0.393. The van der Waals surface area contributed by atoms with E-state index in [1.54, 1.807) is 6.92 Å². The number of benzene rings is 2. The van der Waals surface area contributed by atoms with Crippen LogP contribution in [-0.4, -0.2) is 23.8 Å². The summed E-state index contributed by atoms with van der Waals surface area (Å²) in [5.41, 5.74) is 1.06. The quantitative estimate of drug-likeness (QED) is 0.782. The third-order valence-electron chi connectivity index (χ3n) is 3.11. The molecular formula is C16H20N2O2. The molecule has 3 N–H and O–H groups in total. The van der Waals surface area contributed by atoms with Crippen LogP contribution in [0.4, 0.5) is 4.79 Å². The molecule has 0 fully saturated rings. The zero-order valence-electron chi connectivity index (χ0n) is 11.6. The first kappa shape index (κ1) is 14.3. The fraction of sp³-hybridized carbons (Fsp3) is 0.312. The molecule has 0 spiro atoms. The number of urea groups is 1. The van der Waals surface area contributed by atoms with Crippen LogP contribution in [0.2, 0.25) is 0 Å². The van der Waals surface area contributed by atoms with Crippen molar-refractivity contribution in [1.29, 1.82) is 0 Å². The molecule has 2 amide bonds. The van der Waals surface area contributed by atoms with E-state index in [2.05, 4.69) is 34.9 Å². The fourth-order valence-corrected chi connectivity index (χ4v) is 1.99. The first-order valence-electron chi connectivity index (χ1n) is 6.82. The Bertz CT molecular complexity index is 581. The maximum absolute atomic E-state index is 11.6. The van der Waals surface area contributed by atoms with Gasteiger partial charge in [0.1, 0.15) is 0 Å². The minimum Gasteiger partial charge on any atom is -0.393 e. The van der Waals surface area contributed by atoms with Crippen molar-refractivity contribution in [3.8, 4) is 0 Å². The average molecular weight is 272 g/mol. The number of rotatable bonds is 5. The molecule has 0 heterocycles. The lowest BCUT2D eigenvalue weighted by Gasteiger charge is -2.09. The van der Waals surface area contributed by atoms with Crippen molar-refractivity contribution in [2.45, 2.75) is 26.0 Å². The minimum absolute atomic E-state index is 0.209. The Morgan fingerprint density at radius 3 is 2.65 bits per heavy atom. The summed E-state index contributed by atoms with van der Waals surface area (Å²) in [4.78, 5) is 11.6. The second-order valence-corrected chi connectivity index (χ2v) is 4.93. The van der Waals surface area contributed by atoms with Crippen molar-refractivity contribution in [3.05, 3.63) is 48.0 Å². The van der Waals surface area contributed by atoms with Crippen molar-refractivity contribution < 1.29 is 9.90 Å². The van der Waals surface area contributed by atoms with Gasteiger partial charge in [0.25, 0.3) is 0 Å². The number of hydrogen-bond acceptors (Lipinski definition) is 2. The molecule has 0 aliphatic carbocycles. The molecule has 0 aliphatic rings. The summed E-state index contributed by atoms with van der Waals surface area (Å²) in [5, 5.41) is 17.0. The highest BCUT2D eigenvalue weighted by Crippen LogP contribution is 2.15. The topological polar surface area (TPSA) is 61.4 Å². The summed E-state index contributed by atoms with van der Waals surface area (Å²) in [5.74, 6) is 0. The van der Waals surface area contributed by atoms with Crippen LogP contribution in [0.1, 0.15) is 18.9 Å². The smallest absolute Gasteiger partial charge is 0.315 e. The lowest BCUT2D eigenvalue weighted by Crippen LogP contribution is -2.36. The summed E-state index contributed by atoms with van der Waals surface area (Å²) in [6.07, 6.45) is 0.166. The van der Waals surface area contributed by atoms with Crippen LogP contribution < -0.4 is 10.6 Å². The second-order valence-electron chi connectivity index (χ2n) is 4.93. The van der Waals surface area contributed by atoms with E-state index in [0.717, 1.165) is 5.56 Å². The van der Waals surface area contributed by atoms with E-state index in [0.29, 0.717) is 19.5 Å². The molecule has 2 aromatic carbocycles. The van der Waals surface area contributed by atoms with Crippen LogP contribution in [0.25, 0.3) is 10.8 Å². The molecule has 0 saturated carbocycles. The SMILES string of the molecule is CC(O)CCNC(=O)NCc1ccc2ccccc2c1. The van der Waals surface area contributed by atoms with E-state index in [-0.39, 0.29) is 6.03 Å². The number of carbonyl (C=O) groups is 1. The monoisotopic (exact) mass is 272 g/mol. The van der Waals surface area contributed by atoms with E-state index < -0.39 is 6.10 Å². The highest BCUT2D eigenvalue weighted by molar-refractivity contribution is 5.83. The van der Waals surface area contributed by atoms with E-state index in [1.165, 1.54) is 10.8 Å². The molecule has 1 atom stereocenters. The van der Waals surface area contributed by atoms with Crippen LogP contribution in [0.5, 0.6) is 0 Å². The van der Waals surface area contributed by atoms with Crippen molar-refractivity contribution >= 4 is 16.8 Å². The molecule has 0 bridgehead atoms. The third-order valence-corrected chi connectivity index (χ3v) is 3.11. The van der Waals surface area contributed by atoms with Gasteiger partial charge >= 0.3 is 6.03 Å². The molecule has 4 nitrogen and oxygen atoms in total. The predicted octanol–water partition coefficient (Wildman–Crippen LogP) is 2.41. The third kappa shape index (κ3) is 4.24. The standard InChI is InChI=1S/C16H20N2O2/c1-12(19)8-9-17-16(20)18-11-13-6-7-14-4-2-3-5-15(14)10-13/h2-7,10,12,19H,8-9,11H2,1H3,(H2,17,18,20). The van der Waals surface area contributed by atoms with Gasteiger partial charge in [-0.3, -0.25) is 0 Å². The number of nitrogens with one attached hydrogen (secondary N) is 2. The van der Waals surface area contributed by atoms with Crippen LogP contribution in [0.15, 0.2) is 42.5 Å². The number of fused-ring (bicyclic) bond motifs is 1. The summed E-state index contributed by atoms with van der Waals surface area (Å²) >= 11 is 0. The Labute approximate surface area is 118 Å². The Morgan fingerprint density at radius 2 is 1.90 bits per heavy atom. The van der Waals surface area contributed by atoms with E-state index in [9.17, 15) is 4.79 Å². The molecular weight excluding hydrogens is 252 g/mol. The molecule has 0 aliphatic heterocycles. The van der Waals surface area contributed by atoms with Gasteiger partial charge in [-0.05, 0) is 35.7 Å². The molecule has 4 heteroatoms. The van der Waals surface area contributed by atoms with Gasteiger partial charge in [0, 0.05) is 13.1 Å². The highest BCUT2D eigenvalue weighted by atomic mass is 16.3. The Morgan fingerprint density at radius 1 is 1.15 bits per heavy atom. The highest BCUT2D eigenvalue weighted by Gasteiger charge is 2.02. The number of aliphatic hydroxyl groups excluding tert-OH is 1. The predicted molar refractivity (Wildman–Crippen MR) is 80.5 cm³/mol. The van der Waals surface area contributed by atoms with Crippen molar-refractivity contribution in [2.24, 2.45) is 0 Å². The molecule has 0 aromatic heterocycles. The summed E-state index contributed by atoms with van der Waals surface area (Å²) in [7, 11) is 0. The number of amides is 2. The maximum atomic E-state index is 11.6. The number of carbonyl (C=O) groups excluding carboxylic acids is 1. The largest absolute Gasteiger partial charge is 0.393 e. The zero-order valence-corrected chi connectivity index (χ0v) is 11.6. The van der Waals surface area contributed by atoms with Crippen molar-refractivity contribution in [1.82, 2.24) is 10.6 Å². The summed E-state index contributed by atoms with van der Waals surface area (Å²) < 4.78 is 0. The normalized spacial score (nSPS) is 12.1.